The molecular formula is C13H20N4. The molecule has 2 N–H and O–H groups in total. The maximum atomic E-state index is 6.14. The van der Waals surface area contributed by atoms with Crippen molar-refractivity contribution in [2.45, 2.75) is 45.1 Å². The van der Waals surface area contributed by atoms with Crippen molar-refractivity contribution in [1.82, 2.24) is 14.0 Å². The minimum absolute atomic E-state index is 0.136. The van der Waals surface area contributed by atoms with Crippen molar-refractivity contribution < 1.29 is 0 Å². The zero-order chi connectivity index (χ0) is 12.2. The molecule has 1 aliphatic carbocycles. The standard InChI is InChI=1S/C13H20N4/c1-9-10(2)17-8-11(16(3)12(17)15-9)4-5-13(14)6-7-13/h8H,4-7,14H2,1-3H3. The molecule has 0 bridgehead atoms. The molecule has 4 nitrogen and oxygen atoms in total. The number of hydrogen-bond donors (Lipinski definition) is 1. The zero-order valence-corrected chi connectivity index (χ0v) is 10.8. The third kappa shape index (κ3) is 1.67. The molecule has 2 heterocycles. The van der Waals surface area contributed by atoms with Crippen LogP contribution < -0.4 is 5.73 Å². The third-order valence-corrected chi connectivity index (χ3v) is 4.15. The van der Waals surface area contributed by atoms with Gasteiger partial charge in [-0.15, -0.1) is 0 Å². The summed E-state index contributed by atoms with van der Waals surface area (Å²) in [6, 6.07) is 0. The highest BCUT2D eigenvalue weighted by molar-refractivity contribution is 5.39. The van der Waals surface area contributed by atoms with Crippen molar-refractivity contribution in [1.29, 1.82) is 0 Å². The third-order valence-electron chi connectivity index (χ3n) is 4.15. The average molecular weight is 232 g/mol. The molecule has 1 fully saturated rings. The molecule has 0 unspecified atom stereocenters. The Balaban J connectivity index is 1.92. The summed E-state index contributed by atoms with van der Waals surface area (Å²) in [5.41, 5.74) is 9.94. The first-order chi connectivity index (χ1) is 8.00. The van der Waals surface area contributed by atoms with Crippen LogP contribution in [0.3, 0.4) is 0 Å². The lowest BCUT2D eigenvalue weighted by Crippen LogP contribution is -2.22. The van der Waals surface area contributed by atoms with Crippen LogP contribution in [0.5, 0.6) is 0 Å². The van der Waals surface area contributed by atoms with E-state index in [0.717, 1.165) is 24.3 Å². The zero-order valence-electron chi connectivity index (χ0n) is 10.8. The summed E-state index contributed by atoms with van der Waals surface area (Å²) in [6.07, 6.45) is 6.72. The molecule has 4 heteroatoms. The fraction of sp³-hybridized carbons (Fsp3) is 0.615. The molecule has 1 saturated carbocycles. The van der Waals surface area contributed by atoms with E-state index in [4.69, 9.17) is 5.73 Å². The summed E-state index contributed by atoms with van der Waals surface area (Å²) in [6.45, 7) is 4.17. The van der Waals surface area contributed by atoms with Crippen molar-refractivity contribution in [3.05, 3.63) is 23.3 Å². The Morgan fingerprint density at radius 3 is 2.71 bits per heavy atom. The van der Waals surface area contributed by atoms with Crippen LogP contribution in [-0.4, -0.2) is 19.5 Å². The van der Waals surface area contributed by atoms with Gasteiger partial charge in [0.05, 0.1) is 5.69 Å². The quantitative estimate of drug-likeness (QED) is 0.876. The Hall–Kier alpha value is -1.29. The highest BCUT2D eigenvalue weighted by Gasteiger charge is 2.37. The smallest absolute Gasteiger partial charge is 0.214 e. The lowest BCUT2D eigenvalue weighted by Gasteiger charge is -2.08. The van der Waals surface area contributed by atoms with E-state index >= 15 is 0 Å². The lowest BCUT2D eigenvalue weighted by molar-refractivity contribution is 0.595. The first-order valence-corrected chi connectivity index (χ1v) is 6.29. The highest BCUT2D eigenvalue weighted by atomic mass is 15.2. The fourth-order valence-electron chi connectivity index (χ4n) is 2.38. The summed E-state index contributed by atoms with van der Waals surface area (Å²) in [5, 5.41) is 0. The van der Waals surface area contributed by atoms with Gasteiger partial charge < -0.3 is 10.3 Å². The van der Waals surface area contributed by atoms with Crippen LogP contribution in [-0.2, 0) is 13.5 Å². The molecule has 0 spiro atoms. The number of rotatable bonds is 3. The molecule has 0 aliphatic heterocycles. The number of fused-ring (bicyclic) bond motifs is 1. The second-order valence-electron chi connectivity index (χ2n) is 5.49. The maximum Gasteiger partial charge on any atom is 0.214 e. The molecule has 17 heavy (non-hydrogen) atoms. The monoisotopic (exact) mass is 232 g/mol. The van der Waals surface area contributed by atoms with E-state index in [0.29, 0.717) is 0 Å². The number of nitrogens with two attached hydrogens (primary N) is 1. The minimum atomic E-state index is 0.136. The van der Waals surface area contributed by atoms with Crippen LogP contribution in [0.15, 0.2) is 6.20 Å². The van der Waals surface area contributed by atoms with E-state index < -0.39 is 0 Å². The molecule has 2 aromatic heterocycles. The summed E-state index contributed by atoms with van der Waals surface area (Å²) >= 11 is 0. The van der Waals surface area contributed by atoms with E-state index in [2.05, 4.69) is 41.0 Å². The van der Waals surface area contributed by atoms with Crippen LogP contribution >= 0.6 is 0 Å². The van der Waals surface area contributed by atoms with Gasteiger partial charge in [-0.25, -0.2) is 4.98 Å². The number of aromatic nitrogens is 3. The molecule has 0 amide bonds. The van der Waals surface area contributed by atoms with Crippen molar-refractivity contribution in [3.63, 3.8) is 0 Å². The van der Waals surface area contributed by atoms with Crippen LogP contribution in [0.1, 0.15) is 36.3 Å². The molecule has 92 valence electrons. The minimum Gasteiger partial charge on any atom is -0.325 e. The van der Waals surface area contributed by atoms with Gasteiger partial charge in [0.25, 0.3) is 0 Å². The molecule has 1 aliphatic rings. The van der Waals surface area contributed by atoms with Gasteiger partial charge in [0.2, 0.25) is 5.78 Å². The molecule has 2 aromatic rings. The number of hydrogen-bond acceptors (Lipinski definition) is 2. The fourth-order valence-corrected chi connectivity index (χ4v) is 2.38. The summed E-state index contributed by atoms with van der Waals surface area (Å²) in [4.78, 5) is 4.59. The Bertz CT molecular complexity index is 572. The normalized spacial score (nSPS) is 17.9. The van der Waals surface area contributed by atoms with Gasteiger partial charge in [-0.1, -0.05) is 0 Å². The predicted molar refractivity (Wildman–Crippen MR) is 68.1 cm³/mol. The largest absolute Gasteiger partial charge is 0.325 e. The van der Waals surface area contributed by atoms with Crippen molar-refractivity contribution in [2.75, 3.05) is 0 Å². The van der Waals surface area contributed by atoms with Gasteiger partial charge in [-0.2, -0.15) is 0 Å². The second-order valence-corrected chi connectivity index (χ2v) is 5.49. The van der Waals surface area contributed by atoms with E-state index in [-0.39, 0.29) is 5.54 Å². The van der Waals surface area contributed by atoms with Gasteiger partial charge in [0, 0.05) is 30.2 Å². The second kappa shape index (κ2) is 3.35. The molecule has 0 saturated heterocycles. The van der Waals surface area contributed by atoms with Gasteiger partial charge in [-0.05, 0) is 39.5 Å². The summed E-state index contributed by atoms with van der Waals surface area (Å²) in [7, 11) is 2.09. The van der Waals surface area contributed by atoms with E-state index in [1.165, 1.54) is 24.2 Å². The van der Waals surface area contributed by atoms with Crippen molar-refractivity contribution in [2.24, 2.45) is 12.8 Å². The van der Waals surface area contributed by atoms with Crippen molar-refractivity contribution in [3.8, 4) is 0 Å². The van der Waals surface area contributed by atoms with Crippen molar-refractivity contribution >= 4 is 5.78 Å². The van der Waals surface area contributed by atoms with Crippen LogP contribution in [0.25, 0.3) is 5.78 Å². The molecular weight excluding hydrogens is 212 g/mol. The first kappa shape index (κ1) is 10.8. The van der Waals surface area contributed by atoms with Gasteiger partial charge in [0.15, 0.2) is 0 Å². The Morgan fingerprint density at radius 1 is 1.41 bits per heavy atom. The topological polar surface area (TPSA) is 48.2 Å². The summed E-state index contributed by atoms with van der Waals surface area (Å²) in [5.74, 6) is 1.04. The van der Waals surface area contributed by atoms with Crippen LogP contribution in [0.4, 0.5) is 0 Å². The molecule has 0 aromatic carbocycles. The molecule has 0 atom stereocenters. The van der Waals surface area contributed by atoms with Gasteiger partial charge in [0.1, 0.15) is 0 Å². The highest BCUT2D eigenvalue weighted by Crippen LogP contribution is 2.36. The summed E-state index contributed by atoms with van der Waals surface area (Å²) < 4.78 is 4.37. The van der Waals surface area contributed by atoms with Crippen LogP contribution in [0.2, 0.25) is 0 Å². The Labute approximate surface area is 101 Å². The van der Waals surface area contributed by atoms with Crippen LogP contribution in [0, 0.1) is 13.8 Å². The lowest BCUT2D eigenvalue weighted by atomic mass is 10.1. The predicted octanol–water partition coefficient (Wildman–Crippen LogP) is 1.71. The maximum absolute atomic E-state index is 6.14. The number of nitrogens with zero attached hydrogens (tertiary/aromatic N) is 3. The SMILES string of the molecule is Cc1nc2n(C)c(CCC3(N)CC3)cn2c1C. The Morgan fingerprint density at radius 2 is 2.12 bits per heavy atom. The molecule has 3 rings (SSSR count). The van der Waals surface area contributed by atoms with Gasteiger partial charge >= 0.3 is 0 Å². The Kier molecular flexibility index (Phi) is 2.14. The average Bonchev–Trinajstić information content (AvgIpc) is 2.86. The van der Waals surface area contributed by atoms with E-state index in [9.17, 15) is 0 Å². The number of aryl methyl sites for hydroxylation is 4. The van der Waals surface area contributed by atoms with E-state index in [1.807, 2.05) is 0 Å². The molecule has 0 radical (unpaired) electrons. The number of imidazole rings is 2. The van der Waals surface area contributed by atoms with Gasteiger partial charge in [-0.3, -0.25) is 4.40 Å². The first-order valence-electron chi connectivity index (χ1n) is 6.29. The van der Waals surface area contributed by atoms with E-state index in [1.54, 1.807) is 0 Å².